The van der Waals surface area contributed by atoms with Crippen LogP contribution in [0, 0.1) is 6.92 Å². The predicted molar refractivity (Wildman–Crippen MR) is 110 cm³/mol. The second-order valence-corrected chi connectivity index (χ2v) is 6.78. The van der Waals surface area contributed by atoms with E-state index in [4.69, 9.17) is 10.5 Å². The normalized spacial score (nSPS) is 10.8. The van der Waals surface area contributed by atoms with Crippen LogP contribution in [-0.2, 0) is 27.2 Å². The first-order chi connectivity index (χ1) is 14.4. The van der Waals surface area contributed by atoms with Gasteiger partial charge in [-0.05, 0) is 24.5 Å². The minimum absolute atomic E-state index is 0.156. The van der Waals surface area contributed by atoms with Crippen LogP contribution in [0.25, 0.3) is 5.52 Å². The number of amides is 1. The number of hydrogen-bond acceptors (Lipinski definition) is 6. The van der Waals surface area contributed by atoms with Crippen LogP contribution in [0.1, 0.15) is 39.8 Å². The van der Waals surface area contributed by atoms with Gasteiger partial charge < -0.3 is 15.2 Å². The van der Waals surface area contributed by atoms with Crippen LogP contribution in [0.3, 0.4) is 0 Å². The number of Topliss-reactive ketones (excluding diaryl/α,β-unsaturated/α-hetero) is 1. The van der Waals surface area contributed by atoms with Crippen molar-refractivity contribution >= 4 is 23.2 Å². The lowest BCUT2D eigenvalue weighted by molar-refractivity contribution is -0.142. The van der Waals surface area contributed by atoms with E-state index in [0.29, 0.717) is 29.6 Å². The summed E-state index contributed by atoms with van der Waals surface area (Å²) < 4.78 is 11.9. The summed E-state index contributed by atoms with van der Waals surface area (Å²) in [6.07, 6.45) is 0.972. The zero-order valence-corrected chi connectivity index (χ0v) is 17.1. The van der Waals surface area contributed by atoms with Gasteiger partial charge in [-0.15, -0.1) is 0 Å². The number of carbonyl (C=O) groups excluding carboxylic acids is 3. The number of aromatic nitrogens is 2. The van der Waals surface area contributed by atoms with Crippen LogP contribution in [0.4, 0.5) is 0 Å². The molecule has 2 aromatic heterocycles. The maximum atomic E-state index is 12.8. The first-order valence-electron chi connectivity index (χ1n) is 9.49. The SMILES string of the molecule is CCc1c(C(=O)C(N)=O)c2c(OCC(=O)OC)cc(C)nn2c1Cc1ccccc1. The van der Waals surface area contributed by atoms with Crippen LogP contribution in [-0.4, -0.2) is 41.0 Å². The number of ether oxygens (including phenoxy) is 2. The molecular weight excluding hydrogens is 386 g/mol. The largest absolute Gasteiger partial charge is 0.480 e. The quantitative estimate of drug-likeness (QED) is 0.346. The Balaban J connectivity index is 2.29. The second kappa shape index (κ2) is 8.77. The molecule has 0 spiro atoms. The fourth-order valence-electron chi connectivity index (χ4n) is 3.46. The van der Waals surface area contributed by atoms with Crippen molar-refractivity contribution in [1.82, 2.24) is 9.61 Å². The van der Waals surface area contributed by atoms with Crippen molar-refractivity contribution in [2.75, 3.05) is 13.7 Å². The molecule has 1 amide bonds. The van der Waals surface area contributed by atoms with Gasteiger partial charge in [0.25, 0.3) is 11.7 Å². The molecule has 0 fully saturated rings. The van der Waals surface area contributed by atoms with Gasteiger partial charge in [0.15, 0.2) is 6.61 Å². The van der Waals surface area contributed by atoms with Crippen LogP contribution in [0.2, 0.25) is 0 Å². The minimum atomic E-state index is -1.07. The number of nitrogens with two attached hydrogens (primary N) is 1. The van der Waals surface area contributed by atoms with E-state index in [0.717, 1.165) is 11.3 Å². The molecule has 0 saturated heterocycles. The zero-order chi connectivity index (χ0) is 21.8. The van der Waals surface area contributed by atoms with Gasteiger partial charge >= 0.3 is 5.97 Å². The topological polar surface area (TPSA) is 113 Å². The Morgan fingerprint density at radius 3 is 2.47 bits per heavy atom. The van der Waals surface area contributed by atoms with Crippen molar-refractivity contribution in [3.05, 3.63) is 64.5 Å². The lowest BCUT2D eigenvalue weighted by atomic mass is 9.99. The summed E-state index contributed by atoms with van der Waals surface area (Å²) in [6, 6.07) is 11.3. The number of ketones is 1. The molecule has 0 saturated carbocycles. The molecular formula is C22H23N3O5. The van der Waals surface area contributed by atoms with E-state index in [9.17, 15) is 14.4 Å². The smallest absolute Gasteiger partial charge is 0.343 e. The highest BCUT2D eigenvalue weighted by atomic mass is 16.6. The van der Waals surface area contributed by atoms with Gasteiger partial charge in [0.1, 0.15) is 11.3 Å². The number of carbonyl (C=O) groups is 3. The van der Waals surface area contributed by atoms with Gasteiger partial charge in [-0.25, -0.2) is 9.31 Å². The van der Waals surface area contributed by atoms with Gasteiger partial charge in [-0.3, -0.25) is 9.59 Å². The number of nitrogens with zero attached hydrogens (tertiary/aromatic N) is 2. The van der Waals surface area contributed by atoms with E-state index in [1.807, 2.05) is 37.3 Å². The first kappa shape index (κ1) is 21.0. The average Bonchev–Trinajstić information content (AvgIpc) is 3.04. The Morgan fingerprint density at radius 1 is 1.17 bits per heavy atom. The molecule has 2 heterocycles. The Hall–Kier alpha value is -3.68. The molecule has 1 aromatic carbocycles. The third-order valence-electron chi connectivity index (χ3n) is 4.78. The Bertz CT molecular complexity index is 1120. The Kier molecular flexibility index (Phi) is 6.15. The zero-order valence-electron chi connectivity index (χ0n) is 17.1. The number of methoxy groups -OCH3 is 1. The van der Waals surface area contributed by atoms with Crippen molar-refractivity contribution in [3.63, 3.8) is 0 Å². The van der Waals surface area contributed by atoms with Crippen molar-refractivity contribution in [1.29, 1.82) is 0 Å². The minimum Gasteiger partial charge on any atom is -0.480 e. The van der Waals surface area contributed by atoms with E-state index >= 15 is 0 Å². The number of benzene rings is 1. The van der Waals surface area contributed by atoms with E-state index in [1.165, 1.54) is 7.11 Å². The third kappa shape index (κ3) is 4.03. The predicted octanol–water partition coefficient (Wildman–Crippen LogP) is 2.02. The molecule has 2 N–H and O–H groups in total. The summed E-state index contributed by atoms with van der Waals surface area (Å²) in [4.78, 5) is 36.2. The molecule has 0 atom stereocenters. The summed E-state index contributed by atoms with van der Waals surface area (Å²) in [5.74, 6) is -2.20. The van der Waals surface area contributed by atoms with Crippen LogP contribution >= 0.6 is 0 Å². The summed E-state index contributed by atoms with van der Waals surface area (Å²) in [5, 5.41) is 4.57. The van der Waals surface area contributed by atoms with Crippen LogP contribution < -0.4 is 10.5 Å². The number of rotatable bonds is 8. The second-order valence-electron chi connectivity index (χ2n) is 6.78. The van der Waals surface area contributed by atoms with Crippen molar-refractivity contribution in [2.45, 2.75) is 26.7 Å². The fourth-order valence-corrected chi connectivity index (χ4v) is 3.46. The maximum Gasteiger partial charge on any atom is 0.343 e. The standard InChI is InChI=1S/C22H23N3O5/c1-4-15-16(11-14-8-6-5-7-9-14)25-20(19(15)21(27)22(23)28)17(10-13(2)24-25)30-12-18(26)29-3/h5-10H,4,11-12H2,1-3H3,(H2,23,28). The first-order valence-corrected chi connectivity index (χ1v) is 9.49. The molecule has 0 aliphatic carbocycles. The maximum absolute atomic E-state index is 12.8. The monoisotopic (exact) mass is 409 g/mol. The highest BCUT2D eigenvalue weighted by Crippen LogP contribution is 2.33. The molecule has 8 nitrogen and oxygen atoms in total. The molecule has 3 rings (SSSR count). The van der Waals surface area contributed by atoms with Gasteiger partial charge in [-0.1, -0.05) is 37.3 Å². The van der Waals surface area contributed by atoms with Crippen LogP contribution in [0.5, 0.6) is 5.75 Å². The molecule has 0 aliphatic heterocycles. The van der Waals surface area contributed by atoms with Gasteiger partial charge in [-0.2, -0.15) is 5.10 Å². The molecule has 30 heavy (non-hydrogen) atoms. The summed E-state index contributed by atoms with van der Waals surface area (Å²) in [7, 11) is 1.26. The van der Waals surface area contributed by atoms with Crippen molar-refractivity contribution in [2.24, 2.45) is 5.73 Å². The summed E-state index contributed by atoms with van der Waals surface area (Å²) >= 11 is 0. The van der Waals surface area contributed by atoms with Crippen molar-refractivity contribution in [3.8, 4) is 5.75 Å². The Morgan fingerprint density at radius 2 is 1.87 bits per heavy atom. The number of fused-ring (bicyclic) bond motifs is 1. The number of aryl methyl sites for hydroxylation is 1. The molecule has 3 aromatic rings. The van der Waals surface area contributed by atoms with Crippen molar-refractivity contribution < 1.29 is 23.9 Å². The summed E-state index contributed by atoms with van der Waals surface area (Å²) in [6.45, 7) is 3.32. The third-order valence-corrected chi connectivity index (χ3v) is 4.78. The average molecular weight is 409 g/mol. The molecule has 0 aliphatic rings. The molecule has 0 radical (unpaired) electrons. The highest BCUT2D eigenvalue weighted by Gasteiger charge is 2.29. The van der Waals surface area contributed by atoms with Gasteiger partial charge in [0, 0.05) is 12.5 Å². The molecule has 0 bridgehead atoms. The molecule has 156 valence electrons. The number of esters is 1. The lowest BCUT2D eigenvalue weighted by Gasteiger charge is -2.10. The van der Waals surface area contributed by atoms with E-state index in [2.05, 4.69) is 9.84 Å². The lowest BCUT2D eigenvalue weighted by Crippen LogP contribution is -2.24. The summed E-state index contributed by atoms with van der Waals surface area (Å²) in [5.41, 5.74) is 8.87. The highest BCUT2D eigenvalue weighted by molar-refractivity contribution is 6.44. The van der Waals surface area contributed by atoms with Crippen LogP contribution in [0.15, 0.2) is 36.4 Å². The van der Waals surface area contributed by atoms with E-state index in [1.54, 1.807) is 17.5 Å². The van der Waals surface area contributed by atoms with E-state index in [-0.39, 0.29) is 17.9 Å². The number of primary amides is 1. The fraction of sp³-hybridized carbons (Fsp3) is 0.273. The van der Waals surface area contributed by atoms with E-state index < -0.39 is 17.7 Å². The number of hydrogen-bond donors (Lipinski definition) is 1. The van der Waals surface area contributed by atoms with Gasteiger partial charge in [0.05, 0.1) is 24.1 Å². The molecule has 0 unspecified atom stereocenters. The van der Waals surface area contributed by atoms with Gasteiger partial charge in [0.2, 0.25) is 0 Å². The Labute approximate surface area is 173 Å². The molecule has 8 heteroatoms.